The highest BCUT2D eigenvalue weighted by Crippen LogP contribution is 1.94. The van der Waals surface area contributed by atoms with Gasteiger partial charge in [0.25, 0.3) is 0 Å². The van der Waals surface area contributed by atoms with E-state index < -0.39 is 11.9 Å². The molecule has 1 aromatic carbocycles. The lowest BCUT2D eigenvalue weighted by molar-refractivity contribution is -0.159. The molecule has 1 rings (SSSR count). The summed E-state index contributed by atoms with van der Waals surface area (Å²) < 4.78 is 0. The van der Waals surface area contributed by atoms with E-state index in [0.717, 1.165) is 0 Å². The highest BCUT2D eigenvalue weighted by Gasteiger charge is 2.04. The lowest BCUT2D eigenvalue weighted by atomic mass is 10.2. The summed E-state index contributed by atoms with van der Waals surface area (Å²) >= 11 is 0. The quantitative estimate of drug-likeness (QED) is 0.621. The number of aliphatic carboxylic acids is 2. The number of halogens is 1. The van der Waals surface area contributed by atoms with Gasteiger partial charge in [0.05, 0.1) is 0 Å². The Morgan fingerprint density at radius 3 is 1.67 bits per heavy atom. The average Bonchev–Trinajstić information content (AvgIpc) is 2.20. The van der Waals surface area contributed by atoms with Gasteiger partial charge in [0, 0.05) is 6.54 Å². The van der Waals surface area contributed by atoms with Gasteiger partial charge >= 0.3 is 11.9 Å². The highest BCUT2D eigenvalue weighted by atomic mass is 35.5. The van der Waals surface area contributed by atoms with Gasteiger partial charge in [-0.05, 0) is 5.56 Å². The molecule has 0 radical (unpaired) electrons. The Labute approximate surface area is 92.9 Å². The summed E-state index contributed by atoms with van der Waals surface area (Å²) in [5, 5.41) is 14.8. The molecule has 6 heteroatoms. The molecule has 0 heterocycles. The molecule has 0 aliphatic carbocycles. The van der Waals surface area contributed by atoms with Gasteiger partial charge in [-0.1, -0.05) is 30.3 Å². The van der Waals surface area contributed by atoms with E-state index in [9.17, 15) is 0 Å². The molecule has 0 unspecified atom stereocenters. The topological polar surface area (TPSA) is 101 Å². The van der Waals surface area contributed by atoms with Crippen LogP contribution in [0.2, 0.25) is 0 Å². The number of carbonyl (C=O) groups is 2. The van der Waals surface area contributed by atoms with Crippen LogP contribution in [0.5, 0.6) is 0 Å². The van der Waals surface area contributed by atoms with Crippen LogP contribution in [0.4, 0.5) is 0 Å². The van der Waals surface area contributed by atoms with E-state index in [4.69, 9.17) is 25.5 Å². The van der Waals surface area contributed by atoms with Crippen molar-refractivity contribution < 1.29 is 19.8 Å². The average molecular weight is 234 g/mol. The van der Waals surface area contributed by atoms with Crippen LogP contribution in [0.15, 0.2) is 30.3 Å². The number of nitrogens with two attached hydrogens (primary N) is 1. The zero-order valence-electron chi connectivity index (χ0n) is 7.79. The standard InChI is InChI=1S/C7H9N.C2H2O4.ClH/c8-6-7-4-2-1-3-5-7;3-1(4)2(5)6;/h1-5H,6,8H2;(H,3,4)(H,5,6);1H. The lowest BCUT2D eigenvalue weighted by Gasteiger charge is -1.90. The van der Waals surface area contributed by atoms with Gasteiger partial charge in [0.15, 0.2) is 0 Å². The summed E-state index contributed by atoms with van der Waals surface area (Å²) in [6.07, 6.45) is 0. The molecule has 0 fully saturated rings. The number of rotatable bonds is 1. The monoisotopic (exact) mass is 233 g/mol. The number of hydrogen-bond acceptors (Lipinski definition) is 3. The summed E-state index contributed by atoms with van der Waals surface area (Å²) in [5.41, 5.74) is 6.54. The first-order valence-electron chi connectivity index (χ1n) is 3.78. The van der Waals surface area contributed by atoms with E-state index >= 15 is 0 Å². The third-order valence-electron chi connectivity index (χ3n) is 1.26. The molecule has 0 bridgehead atoms. The Hall–Kier alpha value is -1.59. The number of carboxylic acids is 2. The molecular formula is C9H12ClNO4. The van der Waals surface area contributed by atoms with Crippen LogP contribution < -0.4 is 5.73 Å². The Bertz CT molecular complexity index is 290. The molecule has 0 aromatic heterocycles. The maximum Gasteiger partial charge on any atom is 0.414 e. The predicted octanol–water partition coefficient (Wildman–Crippen LogP) is 0.723. The first-order chi connectivity index (χ1) is 6.57. The summed E-state index contributed by atoms with van der Waals surface area (Å²) in [6, 6.07) is 9.99. The molecular weight excluding hydrogens is 222 g/mol. The van der Waals surface area contributed by atoms with Crippen molar-refractivity contribution in [1.29, 1.82) is 0 Å². The largest absolute Gasteiger partial charge is 0.473 e. The fraction of sp³-hybridized carbons (Fsp3) is 0.111. The molecule has 4 N–H and O–H groups in total. The van der Waals surface area contributed by atoms with Crippen molar-refractivity contribution in [2.24, 2.45) is 5.73 Å². The first kappa shape index (κ1) is 15.9. The molecule has 0 saturated heterocycles. The van der Waals surface area contributed by atoms with Gasteiger partial charge in [-0.25, -0.2) is 9.59 Å². The van der Waals surface area contributed by atoms with Crippen molar-refractivity contribution >= 4 is 24.3 Å². The second kappa shape index (κ2) is 8.98. The van der Waals surface area contributed by atoms with E-state index in [-0.39, 0.29) is 12.4 Å². The SMILES string of the molecule is Cl.NCc1ccccc1.O=C(O)C(=O)O. The van der Waals surface area contributed by atoms with E-state index in [1.807, 2.05) is 30.3 Å². The second-order valence-electron chi connectivity index (χ2n) is 2.30. The Balaban J connectivity index is 0. The molecule has 5 nitrogen and oxygen atoms in total. The third kappa shape index (κ3) is 8.73. The van der Waals surface area contributed by atoms with Crippen LogP contribution in [0.1, 0.15) is 5.56 Å². The van der Waals surface area contributed by atoms with E-state index in [0.29, 0.717) is 6.54 Å². The van der Waals surface area contributed by atoms with Crippen molar-refractivity contribution in [2.45, 2.75) is 6.54 Å². The van der Waals surface area contributed by atoms with E-state index in [1.54, 1.807) is 0 Å². The highest BCUT2D eigenvalue weighted by molar-refractivity contribution is 6.27. The maximum absolute atomic E-state index is 9.10. The van der Waals surface area contributed by atoms with Gasteiger partial charge in [0.2, 0.25) is 0 Å². The molecule has 1 aromatic rings. The van der Waals surface area contributed by atoms with Crippen LogP contribution in [0, 0.1) is 0 Å². The summed E-state index contributed by atoms with van der Waals surface area (Å²) in [4.78, 5) is 18.2. The van der Waals surface area contributed by atoms with Gasteiger partial charge in [0.1, 0.15) is 0 Å². The van der Waals surface area contributed by atoms with Gasteiger partial charge in [-0.3, -0.25) is 0 Å². The minimum Gasteiger partial charge on any atom is -0.473 e. The molecule has 0 atom stereocenters. The first-order valence-corrected chi connectivity index (χ1v) is 3.78. The number of carboxylic acid groups (broad SMARTS) is 2. The fourth-order valence-corrected chi connectivity index (χ4v) is 0.614. The van der Waals surface area contributed by atoms with Gasteiger partial charge in [-0.2, -0.15) is 0 Å². The molecule has 0 aliphatic rings. The lowest BCUT2D eigenvalue weighted by Crippen LogP contribution is -2.09. The Kier molecular flexibility index (Phi) is 9.50. The molecule has 15 heavy (non-hydrogen) atoms. The van der Waals surface area contributed by atoms with Crippen LogP contribution in [0.25, 0.3) is 0 Å². The minimum absolute atomic E-state index is 0. The van der Waals surface area contributed by atoms with Crippen molar-refractivity contribution in [3.63, 3.8) is 0 Å². The van der Waals surface area contributed by atoms with Crippen LogP contribution >= 0.6 is 12.4 Å². The number of hydrogen-bond donors (Lipinski definition) is 3. The smallest absolute Gasteiger partial charge is 0.414 e. The van der Waals surface area contributed by atoms with Crippen molar-refractivity contribution in [1.82, 2.24) is 0 Å². The Morgan fingerprint density at radius 1 is 1.07 bits per heavy atom. The second-order valence-corrected chi connectivity index (χ2v) is 2.30. The van der Waals surface area contributed by atoms with Crippen LogP contribution in [0.3, 0.4) is 0 Å². The van der Waals surface area contributed by atoms with E-state index in [1.165, 1.54) is 5.56 Å². The van der Waals surface area contributed by atoms with E-state index in [2.05, 4.69) is 0 Å². The fourth-order valence-electron chi connectivity index (χ4n) is 0.614. The predicted molar refractivity (Wildman–Crippen MR) is 56.9 cm³/mol. The molecule has 0 saturated carbocycles. The minimum atomic E-state index is -1.82. The molecule has 0 spiro atoms. The van der Waals surface area contributed by atoms with Crippen LogP contribution in [-0.4, -0.2) is 22.2 Å². The van der Waals surface area contributed by atoms with Gasteiger partial charge in [-0.15, -0.1) is 12.4 Å². The van der Waals surface area contributed by atoms with Crippen molar-refractivity contribution in [3.05, 3.63) is 35.9 Å². The number of benzene rings is 1. The zero-order valence-corrected chi connectivity index (χ0v) is 8.61. The maximum atomic E-state index is 9.10. The molecule has 0 amide bonds. The summed E-state index contributed by atoms with van der Waals surface area (Å²) in [6.45, 7) is 0.640. The van der Waals surface area contributed by atoms with Crippen molar-refractivity contribution in [3.8, 4) is 0 Å². The summed E-state index contributed by atoms with van der Waals surface area (Å²) in [7, 11) is 0. The van der Waals surface area contributed by atoms with Crippen LogP contribution in [-0.2, 0) is 16.1 Å². The molecule has 84 valence electrons. The Morgan fingerprint density at radius 2 is 1.47 bits per heavy atom. The van der Waals surface area contributed by atoms with Crippen molar-refractivity contribution in [2.75, 3.05) is 0 Å². The third-order valence-corrected chi connectivity index (χ3v) is 1.26. The zero-order chi connectivity index (χ0) is 11.0. The normalized spacial score (nSPS) is 7.80. The summed E-state index contributed by atoms with van der Waals surface area (Å²) in [5.74, 6) is -3.65. The van der Waals surface area contributed by atoms with Gasteiger partial charge < -0.3 is 15.9 Å². The molecule has 0 aliphatic heterocycles.